The molecule has 2 aliphatic rings. The summed E-state index contributed by atoms with van der Waals surface area (Å²) in [7, 11) is 1.89. The van der Waals surface area contributed by atoms with Gasteiger partial charge in [-0.15, -0.1) is 0 Å². The molecule has 2 aliphatic carbocycles. The van der Waals surface area contributed by atoms with Crippen molar-refractivity contribution in [2.45, 2.75) is 56.8 Å². The summed E-state index contributed by atoms with van der Waals surface area (Å²) in [6.07, 6.45) is 6.55. The SMILES string of the molecule is CCOC(=O)C1(c2nc(C3CCCC3)nn2C)CC1. The molecule has 0 amide bonds. The highest BCUT2D eigenvalue weighted by Crippen LogP contribution is 2.48. The lowest BCUT2D eigenvalue weighted by molar-refractivity contribution is -0.146. The van der Waals surface area contributed by atoms with E-state index < -0.39 is 5.41 Å². The molecule has 0 aliphatic heterocycles. The van der Waals surface area contributed by atoms with Crippen LogP contribution in [-0.2, 0) is 22.0 Å². The minimum Gasteiger partial charge on any atom is -0.465 e. The highest BCUT2D eigenvalue weighted by Gasteiger charge is 2.56. The Morgan fingerprint density at radius 2 is 2.11 bits per heavy atom. The van der Waals surface area contributed by atoms with E-state index in [2.05, 4.69) is 10.1 Å². The minimum atomic E-state index is -0.505. The smallest absolute Gasteiger partial charge is 0.319 e. The third-order valence-electron chi connectivity index (χ3n) is 4.34. The lowest BCUT2D eigenvalue weighted by Crippen LogP contribution is -2.26. The Labute approximate surface area is 113 Å². The summed E-state index contributed by atoms with van der Waals surface area (Å²) in [5, 5.41) is 4.54. The molecule has 0 bridgehead atoms. The Morgan fingerprint density at radius 3 is 2.68 bits per heavy atom. The van der Waals surface area contributed by atoms with Crippen molar-refractivity contribution in [3.63, 3.8) is 0 Å². The summed E-state index contributed by atoms with van der Waals surface area (Å²) in [6.45, 7) is 2.27. The van der Waals surface area contributed by atoms with Crippen LogP contribution in [0.2, 0.25) is 0 Å². The molecule has 5 nitrogen and oxygen atoms in total. The van der Waals surface area contributed by atoms with Crippen LogP contribution < -0.4 is 0 Å². The van der Waals surface area contributed by atoms with Crippen molar-refractivity contribution < 1.29 is 9.53 Å². The van der Waals surface area contributed by atoms with Crippen LogP contribution in [0.4, 0.5) is 0 Å². The van der Waals surface area contributed by atoms with Gasteiger partial charge in [0.05, 0.1) is 6.61 Å². The van der Waals surface area contributed by atoms with Crippen molar-refractivity contribution in [1.82, 2.24) is 14.8 Å². The first-order valence-corrected chi connectivity index (χ1v) is 7.26. The standard InChI is InChI=1S/C14H21N3O2/c1-3-19-13(18)14(8-9-14)12-15-11(16-17(12)2)10-6-4-5-7-10/h10H,3-9H2,1-2H3. The van der Waals surface area contributed by atoms with Gasteiger partial charge < -0.3 is 4.74 Å². The number of esters is 1. The summed E-state index contributed by atoms with van der Waals surface area (Å²) >= 11 is 0. The lowest BCUT2D eigenvalue weighted by Gasteiger charge is -2.12. The summed E-state index contributed by atoms with van der Waals surface area (Å²) in [5.74, 6) is 2.07. The van der Waals surface area contributed by atoms with Gasteiger partial charge >= 0.3 is 5.97 Å². The maximum atomic E-state index is 12.1. The van der Waals surface area contributed by atoms with Crippen molar-refractivity contribution in [3.8, 4) is 0 Å². The first-order chi connectivity index (χ1) is 9.17. The number of hydrogen-bond donors (Lipinski definition) is 0. The highest BCUT2D eigenvalue weighted by molar-refractivity contribution is 5.85. The van der Waals surface area contributed by atoms with E-state index >= 15 is 0 Å². The van der Waals surface area contributed by atoms with Crippen molar-refractivity contribution in [3.05, 3.63) is 11.6 Å². The van der Waals surface area contributed by atoms with Crippen molar-refractivity contribution >= 4 is 5.97 Å². The van der Waals surface area contributed by atoms with Gasteiger partial charge in [0, 0.05) is 13.0 Å². The topological polar surface area (TPSA) is 57.0 Å². The second-order valence-corrected chi connectivity index (χ2v) is 5.70. The zero-order valence-electron chi connectivity index (χ0n) is 11.7. The number of carbonyl (C=O) groups is 1. The van der Waals surface area contributed by atoms with E-state index in [1.165, 1.54) is 25.7 Å². The van der Waals surface area contributed by atoms with Crippen LogP contribution in [0.1, 0.15) is 63.0 Å². The van der Waals surface area contributed by atoms with Gasteiger partial charge in [-0.05, 0) is 32.6 Å². The van der Waals surface area contributed by atoms with Crippen LogP contribution in [0.3, 0.4) is 0 Å². The maximum Gasteiger partial charge on any atom is 0.319 e. The molecule has 19 heavy (non-hydrogen) atoms. The van der Waals surface area contributed by atoms with E-state index in [-0.39, 0.29) is 5.97 Å². The van der Waals surface area contributed by atoms with E-state index in [4.69, 9.17) is 4.74 Å². The quantitative estimate of drug-likeness (QED) is 0.780. The Morgan fingerprint density at radius 1 is 1.42 bits per heavy atom. The van der Waals surface area contributed by atoms with Gasteiger partial charge in [0.2, 0.25) is 0 Å². The van der Waals surface area contributed by atoms with E-state index in [1.807, 2.05) is 14.0 Å². The molecule has 1 aromatic rings. The molecule has 1 aromatic heterocycles. The Hall–Kier alpha value is -1.39. The van der Waals surface area contributed by atoms with E-state index in [0.29, 0.717) is 12.5 Å². The van der Waals surface area contributed by atoms with Gasteiger partial charge in [0.15, 0.2) is 5.82 Å². The number of aromatic nitrogens is 3. The van der Waals surface area contributed by atoms with Gasteiger partial charge in [-0.1, -0.05) is 12.8 Å². The number of ether oxygens (including phenoxy) is 1. The molecule has 2 fully saturated rings. The van der Waals surface area contributed by atoms with Crippen molar-refractivity contribution in [2.24, 2.45) is 7.05 Å². The minimum absolute atomic E-state index is 0.136. The Balaban J connectivity index is 1.86. The average Bonchev–Trinajstić information content (AvgIpc) is 2.85. The maximum absolute atomic E-state index is 12.1. The van der Waals surface area contributed by atoms with Gasteiger partial charge in [-0.3, -0.25) is 9.48 Å². The first kappa shape index (κ1) is 12.6. The molecule has 1 heterocycles. The van der Waals surface area contributed by atoms with Gasteiger partial charge in [-0.2, -0.15) is 5.10 Å². The Bertz CT molecular complexity index is 485. The number of hydrogen-bond acceptors (Lipinski definition) is 4. The number of aryl methyl sites for hydroxylation is 1. The van der Waals surface area contributed by atoms with E-state index in [0.717, 1.165) is 24.5 Å². The van der Waals surface area contributed by atoms with Crippen LogP contribution in [-0.4, -0.2) is 27.3 Å². The van der Waals surface area contributed by atoms with Gasteiger partial charge in [0.25, 0.3) is 0 Å². The molecular formula is C14H21N3O2. The van der Waals surface area contributed by atoms with Crippen molar-refractivity contribution in [2.75, 3.05) is 6.61 Å². The van der Waals surface area contributed by atoms with E-state index in [9.17, 15) is 4.79 Å². The third-order valence-corrected chi connectivity index (χ3v) is 4.34. The second-order valence-electron chi connectivity index (χ2n) is 5.70. The summed E-state index contributed by atoms with van der Waals surface area (Å²) < 4.78 is 6.98. The fraction of sp³-hybridized carbons (Fsp3) is 0.786. The van der Waals surface area contributed by atoms with Gasteiger partial charge in [0.1, 0.15) is 11.2 Å². The fourth-order valence-electron chi connectivity index (χ4n) is 3.09. The van der Waals surface area contributed by atoms with Crippen LogP contribution in [0.25, 0.3) is 0 Å². The monoisotopic (exact) mass is 263 g/mol. The van der Waals surface area contributed by atoms with Gasteiger partial charge in [-0.25, -0.2) is 4.98 Å². The molecule has 0 unspecified atom stereocenters. The van der Waals surface area contributed by atoms with E-state index in [1.54, 1.807) is 4.68 Å². The molecule has 0 aromatic carbocycles. The summed E-state index contributed by atoms with van der Waals surface area (Å²) in [6, 6.07) is 0. The zero-order valence-corrected chi connectivity index (χ0v) is 11.7. The normalized spacial score (nSPS) is 21.6. The molecule has 0 atom stereocenters. The molecule has 5 heteroatoms. The van der Waals surface area contributed by atoms with Crippen LogP contribution in [0.5, 0.6) is 0 Å². The molecule has 0 N–H and O–H groups in total. The van der Waals surface area contributed by atoms with Crippen LogP contribution in [0.15, 0.2) is 0 Å². The molecule has 2 saturated carbocycles. The molecule has 104 valence electrons. The van der Waals surface area contributed by atoms with Crippen molar-refractivity contribution in [1.29, 1.82) is 0 Å². The van der Waals surface area contributed by atoms with Crippen LogP contribution in [0, 0.1) is 0 Å². The molecule has 0 radical (unpaired) electrons. The lowest BCUT2D eigenvalue weighted by atomic mass is 10.1. The molecule has 0 saturated heterocycles. The average molecular weight is 263 g/mol. The number of nitrogens with zero attached hydrogens (tertiary/aromatic N) is 3. The predicted molar refractivity (Wildman–Crippen MR) is 69.8 cm³/mol. The number of carbonyl (C=O) groups excluding carboxylic acids is 1. The third kappa shape index (κ3) is 2.05. The summed E-state index contributed by atoms with van der Waals surface area (Å²) in [5.41, 5.74) is -0.505. The van der Waals surface area contributed by atoms with Crippen LogP contribution >= 0.6 is 0 Å². The zero-order chi connectivity index (χ0) is 13.5. The predicted octanol–water partition coefficient (Wildman–Crippen LogP) is 2.07. The molecule has 3 rings (SSSR count). The summed E-state index contributed by atoms with van der Waals surface area (Å²) in [4.78, 5) is 16.8. The second kappa shape index (κ2) is 4.62. The fourth-order valence-corrected chi connectivity index (χ4v) is 3.09. The Kier molecular flexibility index (Phi) is 3.07. The molecular weight excluding hydrogens is 242 g/mol. The molecule has 0 spiro atoms. The highest BCUT2D eigenvalue weighted by atomic mass is 16.5. The largest absolute Gasteiger partial charge is 0.465 e. The number of rotatable bonds is 4. The first-order valence-electron chi connectivity index (χ1n) is 7.26.